The van der Waals surface area contributed by atoms with Crippen LogP contribution in [0.25, 0.3) is 273 Å². The van der Waals surface area contributed by atoms with Crippen LogP contribution in [0.1, 0.15) is 0 Å². The lowest BCUT2D eigenvalue weighted by Gasteiger charge is -2.11. The molecule has 148 heavy (non-hydrogen) atoms. The molecule has 0 saturated heterocycles. The minimum absolute atomic E-state index is 0.647. The molecule has 23 aromatic carbocycles. The largest absolute Gasteiger partial charge is 0.309 e. The first-order valence-corrected chi connectivity index (χ1v) is 51.3. The SMILES string of the molecule is [C-]#[N+]c1ccc(-n2c3ccccc3c3cc(-c4ccc5c(c4)c4ccccc4n5-c4cccc5c4sc4ccccc45)ccc32)cc1.c1ccc(-c2ccc(-n3c4ccccc4c4cc(-c5ccc6c(c5)c5ccccc5n6-c5ccc(-c6ccccc6)cc5)ccc43)cc2)cc1.c1ccc(-n2c3ccccc3c3cc(-c4ccc5c(c4)c4ccccc4n5-c4ccc5c(c4)c4ccccc4n5-c4ccccc4)ccc32)cc1. The molecule has 0 spiro atoms. The van der Waals surface area contributed by atoms with Crippen molar-refractivity contribution in [2.45, 2.75) is 0 Å². The number of hydrogen-bond donors (Lipinski definition) is 0. The van der Waals surface area contributed by atoms with Crippen LogP contribution < -0.4 is 0 Å². The highest BCUT2D eigenvalue weighted by Crippen LogP contribution is 2.48. The van der Waals surface area contributed by atoms with Gasteiger partial charge in [0.25, 0.3) is 0 Å². The van der Waals surface area contributed by atoms with Crippen LogP contribution in [-0.4, -0.2) is 32.0 Å². The van der Waals surface area contributed by atoms with Gasteiger partial charge >= 0.3 is 0 Å². The maximum Gasteiger partial charge on any atom is 0.187 e. The Hall–Kier alpha value is -19.6. The van der Waals surface area contributed by atoms with Gasteiger partial charge in [-0.1, -0.05) is 328 Å². The normalized spacial score (nSPS) is 11.8. The molecule has 9 heteroatoms. The Labute approximate surface area is 856 Å². The van der Waals surface area contributed by atoms with Crippen molar-refractivity contribution >= 4 is 190 Å². The number of fused-ring (bicyclic) bond motifs is 24. The highest BCUT2D eigenvalue weighted by Gasteiger charge is 2.25. The summed E-state index contributed by atoms with van der Waals surface area (Å²) >= 11 is 1.87. The molecule has 0 amide bonds. The van der Waals surface area contributed by atoms with Gasteiger partial charge < -0.3 is 32.0 Å². The van der Waals surface area contributed by atoms with Gasteiger partial charge in [-0.25, -0.2) is 4.85 Å². The number of rotatable bonds is 12. The third kappa shape index (κ3) is 13.9. The van der Waals surface area contributed by atoms with E-state index in [-0.39, 0.29) is 0 Å². The van der Waals surface area contributed by atoms with Gasteiger partial charge in [0.1, 0.15) is 0 Å². The first-order valence-electron chi connectivity index (χ1n) is 50.4. The van der Waals surface area contributed by atoms with E-state index in [1.807, 2.05) is 35.6 Å². The summed E-state index contributed by atoms with van der Waals surface area (Å²) in [7, 11) is 0. The summed E-state index contributed by atoms with van der Waals surface area (Å²) in [5.41, 5.74) is 37.7. The predicted molar refractivity (Wildman–Crippen MR) is 626 cm³/mol. The molecule has 31 rings (SSSR count). The Bertz CT molecular complexity index is 10600. The molecular formula is C139H88N8S. The van der Waals surface area contributed by atoms with E-state index in [1.54, 1.807) is 0 Å². The van der Waals surface area contributed by atoms with Crippen molar-refractivity contribution in [1.29, 1.82) is 0 Å². The smallest absolute Gasteiger partial charge is 0.187 e. The number of hydrogen-bond acceptors (Lipinski definition) is 1. The average Bonchev–Trinajstić information content (AvgIpc) is 1.56. The van der Waals surface area contributed by atoms with Crippen molar-refractivity contribution in [3.8, 4) is 95.4 Å². The molecule has 0 aliphatic carbocycles. The van der Waals surface area contributed by atoms with E-state index in [2.05, 4.69) is 546 Å². The van der Waals surface area contributed by atoms with Gasteiger partial charge in [-0.2, -0.15) is 0 Å². The van der Waals surface area contributed by atoms with Gasteiger partial charge in [0, 0.05) is 125 Å². The van der Waals surface area contributed by atoms with Gasteiger partial charge in [0.2, 0.25) is 0 Å². The second-order valence-corrected chi connectivity index (χ2v) is 39.5. The van der Waals surface area contributed by atoms with E-state index < -0.39 is 0 Å². The van der Waals surface area contributed by atoms with Crippen LogP contribution in [0.5, 0.6) is 0 Å². The molecule has 0 saturated carbocycles. The molecule has 8 nitrogen and oxygen atoms in total. The minimum Gasteiger partial charge on any atom is -0.309 e. The van der Waals surface area contributed by atoms with E-state index in [1.165, 1.54) is 234 Å². The van der Waals surface area contributed by atoms with Crippen molar-refractivity contribution in [2.75, 3.05) is 0 Å². The Morgan fingerprint density at radius 3 is 0.682 bits per heavy atom. The summed E-state index contributed by atoms with van der Waals surface area (Å²) in [5.74, 6) is 0. The van der Waals surface area contributed by atoms with Gasteiger partial charge in [-0.3, -0.25) is 0 Å². The Morgan fingerprint density at radius 2 is 0.358 bits per heavy atom. The zero-order valence-corrected chi connectivity index (χ0v) is 81.1. The van der Waals surface area contributed by atoms with Crippen LogP contribution in [-0.2, 0) is 0 Å². The first-order chi connectivity index (χ1) is 73.4. The summed E-state index contributed by atoms with van der Waals surface area (Å²) in [6, 6.07) is 193. The molecule has 8 heterocycles. The Kier molecular flexibility index (Phi) is 20.1. The van der Waals surface area contributed by atoms with E-state index >= 15 is 0 Å². The van der Waals surface area contributed by atoms with Crippen LogP contribution in [0.4, 0.5) is 5.69 Å². The molecular weight excluding hydrogens is 1810 g/mol. The van der Waals surface area contributed by atoms with Crippen LogP contribution in [0.15, 0.2) is 534 Å². The van der Waals surface area contributed by atoms with Crippen LogP contribution >= 0.6 is 11.3 Å². The van der Waals surface area contributed by atoms with Gasteiger partial charge in [-0.15, -0.1) is 11.3 Å². The van der Waals surface area contributed by atoms with E-state index in [9.17, 15) is 0 Å². The van der Waals surface area contributed by atoms with Crippen molar-refractivity contribution in [3.63, 3.8) is 0 Å². The molecule has 0 aliphatic heterocycles. The second kappa shape index (κ2) is 34.9. The molecule has 31 aromatic rings. The lowest BCUT2D eigenvalue weighted by molar-refractivity contribution is 1.17. The molecule has 0 radical (unpaired) electrons. The third-order valence-electron chi connectivity index (χ3n) is 30.3. The maximum absolute atomic E-state index is 7.37. The zero-order valence-electron chi connectivity index (χ0n) is 80.3. The minimum atomic E-state index is 0.647. The van der Waals surface area contributed by atoms with Gasteiger partial charge in [0.05, 0.1) is 94.2 Å². The number of nitrogens with zero attached hydrogens (tertiary/aromatic N) is 8. The van der Waals surface area contributed by atoms with Gasteiger partial charge in [-0.05, 0) is 262 Å². The topological polar surface area (TPSA) is 38.9 Å². The summed E-state index contributed by atoms with van der Waals surface area (Å²) in [5, 5.41) is 20.1. The van der Waals surface area contributed by atoms with Crippen molar-refractivity contribution < 1.29 is 0 Å². The molecule has 0 unspecified atom stereocenters. The maximum atomic E-state index is 7.37. The van der Waals surface area contributed by atoms with Crippen molar-refractivity contribution in [3.05, 3.63) is 545 Å². The first kappa shape index (κ1) is 85.2. The molecule has 0 aliphatic rings. The summed E-state index contributed by atoms with van der Waals surface area (Å²) in [6.07, 6.45) is 0. The van der Waals surface area contributed by atoms with Crippen LogP contribution in [0.2, 0.25) is 0 Å². The quantitative estimate of drug-likeness (QED) is 0.109. The average molecular weight is 1900 g/mol. The molecule has 690 valence electrons. The molecule has 8 aromatic heterocycles. The number of benzene rings is 23. The van der Waals surface area contributed by atoms with Gasteiger partial charge in [0.15, 0.2) is 5.69 Å². The molecule has 0 fully saturated rings. The zero-order chi connectivity index (χ0) is 97.5. The lowest BCUT2D eigenvalue weighted by atomic mass is 10.0. The Balaban J connectivity index is 0.000000105. The summed E-state index contributed by atoms with van der Waals surface area (Å²) in [6.45, 7) is 7.37. The summed E-state index contributed by atoms with van der Waals surface area (Å²) < 4.78 is 19.3. The molecule has 0 atom stereocenters. The van der Waals surface area contributed by atoms with Crippen LogP contribution in [0.3, 0.4) is 0 Å². The van der Waals surface area contributed by atoms with Crippen LogP contribution in [0, 0.1) is 6.57 Å². The highest BCUT2D eigenvalue weighted by molar-refractivity contribution is 7.26. The van der Waals surface area contributed by atoms with E-state index in [4.69, 9.17) is 6.57 Å². The fraction of sp³-hybridized carbons (Fsp3) is 0. The third-order valence-corrected chi connectivity index (χ3v) is 31.5. The second-order valence-electron chi connectivity index (χ2n) is 38.4. The lowest BCUT2D eigenvalue weighted by Crippen LogP contribution is -1.95. The number of para-hydroxylation sites is 9. The number of thiophene rings is 1. The number of aromatic nitrogens is 7. The monoisotopic (exact) mass is 1900 g/mol. The fourth-order valence-electron chi connectivity index (χ4n) is 23.5. The Morgan fingerprint density at radius 1 is 0.142 bits per heavy atom. The van der Waals surface area contributed by atoms with E-state index in [0.29, 0.717) is 5.69 Å². The molecule has 0 bridgehead atoms. The predicted octanol–water partition coefficient (Wildman–Crippen LogP) is 38.0. The summed E-state index contributed by atoms with van der Waals surface area (Å²) in [4.78, 5) is 3.58. The fourth-order valence-corrected chi connectivity index (χ4v) is 24.8. The standard InChI is InChI=1S/C48H31N3.C48H32N2.C43H25N3S/c1-3-13-34(14-4-1)49-43-20-10-7-17-37(43)40-29-32(23-26-46(40)49)33-24-27-47-41(30-33)38-18-8-12-22-45(38)51(47)36-25-28-48-42(31-36)39-19-9-11-21-44(39)50(48)35-15-5-2-6-16-35;1-3-11-33(12-4-1)35-19-25-39(26-20-35)49-45-17-9-7-15-41(45)43-31-37(23-29-47(43)49)38-24-30-48-44(32-38)42-16-8-10-18-46(42)50(48)40-27-21-36(22-28-40)34-13-5-2-6-14-34;1-44-29-19-21-30(22-20-29)45-37-13-5-2-9-31(37)35-25-27(17-23-39(35)45)28-18-24-40-36(26-28)32-10-3-6-14-38(32)46(40)41-15-8-12-34-33-11-4-7-16-42(33)47-43(34)41/h1-31H;1-32H;2-26H. The van der Waals surface area contributed by atoms with Crippen molar-refractivity contribution in [2.24, 2.45) is 0 Å². The highest BCUT2D eigenvalue weighted by atomic mass is 32.1. The molecule has 0 N–H and O–H groups in total. The van der Waals surface area contributed by atoms with E-state index in [0.717, 1.165) is 33.8 Å². The van der Waals surface area contributed by atoms with Crippen molar-refractivity contribution in [1.82, 2.24) is 32.0 Å².